The highest BCUT2D eigenvalue weighted by molar-refractivity contribution is 14.0. The van der Waals surface area contributed by atoms with Gasteiger partial charge in [-0.15, -0.1) is 24.0 Å². The molecule has 5 nitrogen and oxygen atoms in total. The van der Waals surface area contributed by atoms with E-state index in [0.29, 0.717) is 17.9 Å². The second kappa shape index (κ2) is 11.6. The Hall–Kier alpha value is -0.0800. The number of nitrogens with one attached hydrogen (secondary N) is 1. The van der Waals surface area contributed by atoms with Crippen LogP contribution in [-0.2, 0) is 4.74 Å². The van der Waals surface area contributed by atoms with E-state index in [1.165, 1.54) is 32.4 Å². The van der Waals surface area contributed by atoms with Crippen molar-refractivity contribution >= 4 is 29.9 Å². The third-order valence-electron chi connectivity index (χ3n) is 5.73. The van der Waals surface area contributed by atoms with Gasteiger partial charge in [-0.25, -0.2) is 0 Å². The van der Waals surface area contributed by atoms with Gasteiger partial charge >= 0.3 is 0 Å². The molecule has 0 aromatic rings. The maximum Gasteiger partial charge on any atom is 0.193 e. The van der Waals surface area contributed by atoms with Gasteiger partial charge in [-0.2, -0.15) is 0 Å². The van der Waals surface area contributed by atoms with Gasteiger partial charge in [0.2, 0.25) is 0 Å². The number of hydrogen-bond acceptors (Lipinski definition) is 3. The SMILES string of the molecule is CN=C(NCC(C(C)C)N1CCC(C)CC1)N1CCC(COC)C1.I. The number of piperidine rings is 1. The van der Waals surface area contributed by atoms with Gasteiger partial charge in [0.25, 0.3) is 0 Å². The summed E-state index contributed by atoms with van der Waals surface area (Å²) in [6.07, 6.45) is 3.87. The molecular weight excluding hydrogens is 427 g/mol. The Morgan fingerprint density at radius 1 is 1.20 bits per heavy atom. The molecule has 2 aliphatic heterocycles. The molecule has 0 bridgehead atoms. The van der Waals surface area contributed by atoms with Crippen molar-refractivity contribution in [3.63, 3.8) is 0 Å². The van der Waals surface area contributed by atoms with Crippen molar-refractivity contribution in [1.82, 2.24) is 15.1 Å². The second-order valence-corrected chi connectivity index (χ2v) is 8.01. The average Bonchev–Trinajstić information content (AvgIpc) is 3.01. The minimum Gasteiger partial charge on any atom is -0.384 e. The smallest absolute Gasteiger partial charge is 0.193 e. The number of aliphatic imine (C=N–C) groups is 1. The van der Waals surface area contributed by atoms with Crippen molar-refractivity contribution in [3.8, 4) is 0 Å². The molecule has 2 atom stereocenters. The molecule has 0 amide bonds. The summed E-state index contributed by atoms with van der Waals surface area (Å²) in [5, 5.41) is 3.66. The quantitative estimate of drug-likeness (QED) is 0.371. The largest absolute Gasteiger partial charge is 0.384 e. The molecule has 0 aromatic carbocycles. The first-order chi connectivity index (χ1) is 11.5. The summed E-state index contributed by atoms with van der Waals surface area (Å²) in [4.78, 5) is 9.60. The molecule has 1 N–H and O–H groups in total. The van der Waals surface area contributed by atoms with Crippen LogP contribution < -0.4 is 5.32 Å². The number of nitrogens with zero attached hydrogens (tertiary/aromatic N) is 3. The van der Waals surface area contributed by atoms with Crippen molar-refractivity contribution in [3.05, 3.63) is 0 Å². The number of methoxy groups -OCH3 is 1. The minimum atomic E-state index is 0. The van der Waals surface area contributed by atoms with E-state index in [1.54, 1.807) is 7.11 Å². The maximum absolute atomic E-state index is 5.31. The minimum absolute atomic E-state index is 0. The van der Waals surface area contributed by atoms with Crippen LogP contribution in [0.5, 0.6) is 0 Å². The summed E-state index contributed by atoms with van der Waals surface area (Å²) >= 11 is 0. The standard InChI is InChI=1S/C19H38N4O.HI/c1-15(2)18(22-9-6-16(3)7-10-22)12-21-19(20-4)23-11-8-17(13-23)14-24-5;/h15-18H,6-14H2,1-5H3,(H,20,21);1H. The van der Waals surface area contributed by atoms with Crippen LogP contribution >= 0.6 is 24.0 Å². The molecule has 2 heterocycles. The number of rotatable bonds is 6. The number of hydrogen-bond donors (Lipinski definition) is 1. The van der Waals surface area contributed by atoms with Crippen LogP contribution in [0.4, 0.5) is 0 Å². The molecular formula is C19H39IN4O. The normalized spacial score (nSPS) is 24.5. The van der Waals surface area contributed by atoms with Gasteiger partial charge in [0, 0.05) is 45.8 Å². The van der Waals surface area contributed by atoms with Gasteiger partial charge in [0.1, 0.15) is 0 Å². The van der Waals surface area contributed by atoms with Crippen LogP contribution in [0.3, 0.4) is 0 Å². The van der Waals surface area contributed by atoms with E-state index >= 15 is 0 Å². The van der Waals surface area contributed by atoms with Crippen molar-refractivity contribution in [2.24, 2.45) is 22.7 Å². The fraction of sp³-hybridized carbons (Fsp3) is 0.947. The number of halogens is 1. The highest BCUT2D eigenvalue weighted by atomic mass is 127. The lowest BCUT2D eigenvalue weighted by atomic mass is 9.94. The Balaban J connectivity index is 0.00000312. The van der Waals surface area contributed by atoms with E-state index in [2.05, 4.69) is 40.9 Å². The Labute approximate surface area is 172 Å². The highest BCUT2D eigenvalue weighted by Crippen LogP contribution is 2.21. The lowest BCUT2D eigenvalue weighted by Gasteiger charge is -2.39. The third kappa shape index (κ3) is 6.86. The van der Waals surface area contributed by atoms with E-state index in [-0.39, 0.29) is 24.0 Å². The molecule has 0 aliphatic carbocycles. The molecule has 2 unspecified atom stereocenters. The zero-order valence-corrected chi connectivity index (χ0v) is 19.2. The predicted octanol–water partition coefficient (Wildman–Crippen LogP) is 2.90. The van der Waals surface area contributed by atoms with Crippen LogP contribution in [0.25, 0.3) is 0 Å². The number of ether oxygens (including phenoxy) is 1. The molecule has 0 aromatic heterocycles. The Kier molecular flexibility index (Phi) is 10.6. The summed E-state index contributed by atoms with van der Waals surface area (Å²) < 4.78 is 5.31. The molecule has 25 heavy (non-hydrogen) atoms. The fourth-order valence-electron chi connectivity index (χ4n) is 4.07. The van der Waals surface area contributed by atoms with Gasteiger partial charge in [-0.3, -0.25) is 9.89 Å². The molecule has 0 saturated carbocycles. The Bertz CT molecular complexity index is 397. The zero-order chi connectivity index (χ0) is 17.5. The Morgan fingerprint density at radius 3 is 2.44 bits per heavy atom. The van der Waals surface area contributed by atoms with Crippen LogP contribution in [0, 0.1) is 17.8 Å². The van der Waals surface area contributed by atoms with E-state index in [0.717, 1.165) is 38.1 Å². The van der Waals surface area contributed by atoms with Crippen LogP contribution in [0.15, 0.2) is 4.99 Å². The van der Waals surface area contributed by atoms with Crippen LogP contribution in [-0.4, -0.2) is 75.3 Å². The van der Waals surface area contributed by atoms with Crippen molar-refractivity contribution in [2.75, 3.05) is 53.5 Å². The predicted molar refractivity (Wildman–Crippen MR) is 117 cm³/mol. The van der Waals surface area contributed by atoms with E-state index < -0.39 is 0 Å². The fourth-order valence-corrected chi connectivity index (χ4v) is 4.07. The summed E-state index contributed by atoms with van der Waals surface area (Å²) in [6.45, 7) is 13.5. The van der Waals surface area contributed by atoms with Crippen molar-refractivity contribution < 1.29 is 4.74 Å². The highest BCUT2D eigenvalue weighted by Gasteiger charge is 2.28. The summed E-state index contributed by atoms with van der Waals surface area (Å²) in [7, 11) is 3.70. The topological polar surface area (TPSA) is 40.1 Å². The molecule has 0 radical (unpaired) electrons. The average molecular weight is 466 g/mol. The summed E-state index contributed by atoms with van der Waals surface area (Å²) in [6, 6.07) is 0.589. The van der Waals surface area contributed by atoms with Gasteiger partial charge in [-0.05, 0) is 44.2 Å². The summed E-state index contributed by atoms with van der Waals surface area (Å²) in [5.41, 5.74) is 0. The van der Waals surface area contributed by atoms with E-state index in [9.17, 15) is 0 Å². The second-order valence-electron chi connectivity index (χ2n) is 8.01. The maximum atomic E-state index is 5.31. The van der Waals surface area contributed by atoms with Gasteiger partial charge in [0.05, 0.1) is 6.61 Å². The molecule has 0 spiro atoms. The zero-order valence-electron chi connectivity index (χ0n) is 16.8. The lowest BCUT2D eigenvalue weighted by Crippen LogP contribution is -2.52. The van der Waals surface area contributed by atoms with Crippen LogP contribution in [0.1, 0.15) is 40.0 Å². The van der Waals surface area contributed by atoms with E-state index in [4.69, 9.17) is 4.74 Å². The Morgan fingerprint density at radius 2 is 1.88 bits per heavy atom. The van der Waals surface area contributed by atoms with Gasteiger partial charge in [-0.1, -0.05) is 20.8 Å². The molecule has 6 heteroatoms. The first-order valence-corrected chi connectivity index (χ1v) is 9.73. The number of guanidine groups is 1. The molecule has 148 valence electrons. The monoisotopic (exact) mass is 466 g/mol. The first kappa shape index (κ1) is 23.0. The van der Waals surface area contributed by atoms with Gasteiger partial charge in [0.15, 0.2) is 5.96 Å². The first-order valence-electron chi connectivity index (χ1n) is 9.73. The van der Waals surface area contributed by atoms with Crippen LogP contribution in [0.2, 0.25) is 0 Å². The third-order valence-corrected chi connectivity index (χ3v) is 5.73. The van der Waals surface area contributed by atoms with Crippen molar-refractivity contribution in [2.45, 2.75) is 46.1 Å². The lowest BCUT2D eigenvalue weighted by molar-refractivity contribution is 0.109. The van der Waals surface area contributed by atoms with E-state index in [1.807, 2.05) is 7.05 Å². The summed E-state index contributed by atoms with van der Waals surface area (Å²) in [5.74, 6) is 3.24. The molecule has 2 aliphatic rings. The number of likely N-dealkylation sites (tertiary alicyclic amines) is 2. The molecule has 2 rings (SSSR count). The van der Waals surface area contributed by atoms with Gasteiger partial charge < -0.3 is 15.0 Å². The molecule has 2 saturated heterocycles. The molecule has 2 fully saturated rings. The van der Waals surface area contributed by atoms with Crippen molar-refractivity contribution in [1.29, 1.82) is 0 Å².